The summed E-state index contributed by atoms with van der Waals surface area (Å²) >= 11 is 0. The third kappa shape index (κ3) is 14.3. The lowest BCUT2D eigenvalue weighted by molar-refractivity contribution is -0.144. The zero-order valence-corrected chi connectivity index (χ0v) is 43.9. The van der Waals surface area contributed by atoms with E-state index >= 15 is 0 Å². The molecule has 0 fully saturated rings. The minimum atomic E-state index is -0.979. The zero-order chi connectivity index (χ0) is 53.5. The van der Waals surface area contributed by atoms with Crippen molar-refractivity contribution < 1.29 is 57.7 Å². The molecule has 6 atom stereocenters. The van der Waals surface area contributed by atoms with E-state index in [0.717, 1.165) is 55.6 Å². The summed E-state index contributed by atoms with van der Waals surface area (Å²) in [6.07, 6.45) is -3.24. The highest BCUT2D eigenvalue weighted by molar-refractivity contribution is 5.89. The van der Waals surface area contributed by atoms with E-state index in [-0.39, 0.29) is 88.4 Å². The maximum absolute atomic E-state index is 11.7. The van der Waals surface area contributed by atoms with Gasteiger partial charge in [-0.3, -0.25) is 0 Å². The lowest BCUT2D eigenvalue weighted by Crippen LogP contribution is -2.30. The number of fused-ring (bicyclic) bond motifs is 3. The highest BCUT2D eigenvalue weighted by Gasteiger charge is 2.46. The number of rotatable bonds is 28. The van der Waals surface area contributed by atoms with E-state index < -0.39 is 29.6 Å². The first-order valence-corrected chi connectivity index (χ1v) is 25.5. The summed E-state index contributed by atoms with van der Waals surface area (Å²) in [7, 11) is 0. The molecule has 0 aromatic heterocycles. The van der Waals surface area contributed by atoms with Crippen LogP contribution in [0.15, 0.2) is 170 Å². The number of ether oxygens (including phenoxy) is 8. The molecule has 0 spiro atoms. The fourth-order valence-electron chi connectivity index (χ4n) is 8.93. The molecule has 6 unspecified atom stereocenters. The minimum Gasteiger partial charge on any atom is -0.490 e. The van der Waals surface area contributed by atoms with E-state index in [2.05, 4.69) is 122 Å². The fraction of sp³-hybridized carbons (Fsp3) is 0.333. The molecule has 0 radical (unpaired) electrons. The molecule has 6 aromatic rings. The lowest BCUT2D eigenvalue weighted by atomic mass is 9.67. The van der Waals surface area contributed by atoms with Gasteiger partial charge in [0.25, 0.3) is 0 Å². The SMILES string of the molecule is C=C(C)C(=O)OCC(O)COC(C)COC(C)COc1ccc(C2(c3ccc(OCC(C)OCC(C)OCC(O)COC(=O)C(=C)C)c(-c4ccccc4)c3)c3ccccc3-c3ccccc32)cc1-c1ccccc1. The predicted molar refractivity (Wildman–Crippen MR) is 291 cm³/mol. The van der Waals surface area contributed by atoms with E-state index in [0.29, 0.717) is 11.5 Å². The minimum absolute atomic E-state index is 0.0188. The standard InChI is InChI=1S/C63H70O12/c1-41(2)61(66)74-39-51(64)37-70-43(5)33-68-45(7)35-72-59-29-27-49(31-55(59)47-19-11-9-12-20-47)63(57-25-17-15-23-53(57)54-24-16-18-26-58(54)63)50-28-30-60(56(32-50)48-21-13-10-14-22-48)73-36-46(8)69-34-44(6)71-38-52(65)40-75-62(67)42(3)4/h9-32,43-46,51-52,64-65H,1,3,33-40H2,2,4-8H3. The van der Waals surface area contributed by atoms with Gasteiger partial charge in [-0.05, 0) is 110 Å². The average Bonchev–Trinajstić information content (AvgIpc) is 3.79. The normalized spacial score (nSPS) is 14.8. The van der Waals surface area contributed by atoms with Gasteiger partial charge >= 0.3 is 11.9 Å². The van der Waals surface area contributed by atoms with Crippen molar-refractivity contribution in [3.05, 3.63) is 192 Å². The molecule has 0 aliphatic heterocycles. The Morgan fingerprint density at radius 1 is 0.440 bits per heavy atom. The van der Waals surface area contributed by atoms with Crippen LogP contribution in [0.3, 0.4) is 0 Å². The third-order valence-corrected chi connectivity index (χ3v) is 12.8. The van der Waals surface area contributed by atoms with Gasteiger partial charge in [-0.1, -0.05) is 134 Å². The lowest BCUT2D eigenvalue weighted by Gasteiger charge is -2.35. The molecule has 1 aliphatic carbocycles. The Hall–Kier alpha value is -6.90. The number of carbonyl (C=O) groups is 2. The molecule has 12 nitrogen and oxygen atoms in total. The van der Waals surface area contributed by atoms with Crippen molar-refractivity contribution in [1.29, 1.82) is 0 Å². The maximum Gasteiger partial charge on any atom is 0.333 e. The number of benzene rings is 6. The predicted octanol–water partition coefficient (Wildman–Crippen LogP) is 10.7. The molecule has 0 heterocycles. The molecule has 0 saturated carbocycles. The molecule has 0 saturated heterocycles. The van der Waals surface area contributed by atoms with Crippen LogP contribution in [0.25, 0.3) is 33.4 Å². The Morgan fingerprint density at radius 3 is 1.17 bits per heavy atom. The summed E-state index contributed by atoms with van der Waals surface area (Å²) in [5.74, 6) is 0.293. The topological polar surface area (TPSA) is 148 Å². The van der Waals surface area contributed by atoms with Gasteiger partial charge in [0.2, 0.25) is 0 Å². The van der Waals surface area contributed by atoms with Crippen molar-refractivity contribution in [2.24, 2.45) is 0 Å². The average molecular weight is 1020 g/mol. The van der Waals surface area contributed by atoms with Crippen LogP contribution in [-0.4, -0.2) is 112 Å². The number of aliphatic hydroxyl groups excluding tert-OH is 2. The van der Waals surface area contributed by atoms with Crippen LogP contribution in [0.2, 0.25) is 0 Å². The summed E-state index contributed by atoms with van der Waals surface area (Å²) in [6, 6.07) is 50.8. The van der Waals surface area contributed by atoms with Crippen LogP contribution >= 0.6 is 0 Å². The summed E-state index contributed by atoms with van der Waals surface area (Å²) in [5.41, 5.74) is 10.4. The van der Waals surface area contributed by atoms with Gasteiger partial charge in [0.05, 0.1) is 56.3 Å². The maximum atomic E-state index is 11.7. The Balaban J connectivity index is 1.15. The van der Waals surface area contributed by atoms with Crippen molar-refractivity contribution in [2.45, 2.75) is 83.6 Å². The van der Waals surface area contributed by atoms with Crippen LogP contribution in [0.5, 0.6) is 11.5 Å². The van der Waals surface area contributed by atoms with Gasteiger partial charge in [0, 0.05) is 22.3 Å². The molecular weight excluding hydrogens is 949 g/mol. The van der Waals surface area contributed by atoms with E-state index in [9.17, 15) is 19.8 Å². The Labute approximate surface area is 441 Å². The zero-order valence-electron chi connectivity index (χ0n) is 43.9. The summed E-state index contributed by atoms with van der Waals surface area (Å²) in [6.45, 7) is 18.5. The number of hydrogen-bond acceptors (Lipinski definition) is 12. The first-order valence-electron chi connectivity index (χ1n) is 25.5. The van der Waals surface area contributed by atoms with E-state index in [4.69, 9.17) is 37.9 Å². The second kappa shape index (κ2) is 26.5. The van der Waals surface area contributed by atoms with Crippen LogP contribution in [0, 0.1) is 0 Å². The fourth-order valence-corrected chi connectivity index (χ4v) is 8.93. The molecule has 1 aliphatic rings. The highest BCUT2D eigenvalue weighted by Crippen LogP contribution is 2.57. The summed E-state index contributed by atoms with van der Waals surface area (Å²) in [5, 5.41) is 20.5. The highest BCUT2D eigenvalue weighted by atomic mass is 16.6. The Morgan fingerprint density at radius 2 is 0.787 bits per heavy atom. The Bertz CT molecular complexity index is 2670. The Kier molecular flexibility index (Phi) is 19.8. The molecule has 2 N–H and O–H groups in total. The molecule has 7 rings (SSSR count). The van der Waals surface area contributed by atoms with Crippen molar-refractivity contribution in [3.8, 4) is 44.9 Å². The monoisotopic (exact) mass is 1020 g/mol. The molecule has 0 amide bonds. The van der Waals surface area contributed by atoms with E-state index in [1.54, 1.807) is 13.8 Å². The van der Waals surface area contributed by atoms with Crippen LogP contribution in [0.4, 0.5) is 0 Å². The first kappa shape index (κ1) is 55.8. The molecule has 394 valence electrons. The largest absolute Gasteiger partial charge is 0.490 e. The van der Waals surface area contributed by atoms with Gasteiger partial charge in [0.1, 0.15) is 50.1 Å². The van der Waals surface area contributed by atoms with Crippen molar-refractivity contribution >= 4 is 11.9 Å². The van der Waals surface area contributed by atoms with Gasteiger partial charge in [-0.25, -0.2) is 9.59 Å². The van der Waals surface area contributed by atoms with Crippen LogP contribution in [-0.2, 0) is 43.4 Å². The quantitative estimate of drug-likeness (QED) is 0.0355. The molecular formula is C63H70O12. The summed E-state index contributed by atoms with van der Waals surface area (Å²) in [4.78, 5) is 23.4. The van der Waals surface area contributed by atoms with Gasteiger partial charge in [-0.2, -0.15) is 0 Å². The van der Waals surface area contributed by atoms with Crippen LogP contribution < -0.4 is 9.47 Å². The number of esters is 2. The number of hydrogen-bond donors (Lipinski definition) is 2. The molecule has 6 aromatic carbocycles. The molecule has 75 heavy (non-hydrogen) atoms. The molecule has 0 bridgehead atoms. The van der Waals surface area contributed by atoms with Crippen LogP contribution in [0.1, 0.15) is 63.8 Å². The van der Waals surface area contributed by atoms with Crippen molar-refractivity contribution in [3.63, 3.8) is 0 Å². The third-order valence-electron chi connectivity index (χ3n) is 12.8. The van der Waals surface area contributed by atoms with Gasteiger partial charge < -0.3 is 48.1 Å². The first-order chi connectivity index (χ1) is 36.1. The molecule has 12 heteroatoms. The second-order valence-electron chi connectivity index (χ2n) is 19.3. The van der Waals surface area contributed by atoms with Crippen molar-refractivity contribution in [2.75, 3.05) is 52.9 Å². The van der Waals surface area contributed by atoms with Gasteiger partial charge in [0.15, 0.2) is 0 Å². The number of aliphatic hydroxyl groups is 2. The van der Waals surface area contributed by atoms with E-state index in [1.807, 2.05) is 64.1 Å². The second-order valence-corrected chi connectivity index (χ2v) is 19.3. The summed E-state index contributed by atoms with van der Waals surface area (Å²) < 4.78 is 47.3. The number of carbonyl (C=O) groups excluding carboxylic acids is 2. The van der Waals surface area contributed by atoms with Gasteiger partial charge in [-0.15, -0.1) is 0 Å². The smallest absolute Gasteiger partial charge is 0.333 e. The van der Waals surface area contributed by atoms with E-state index in [1.165, 1.54) is 0 Å². The van der Waals surface area contributed by atoms with Crippen molar-refractivity contribution in [1.82, 2.24) is 0 Å².